The lowest BCUT2D eigenvalue weighted by Crippen LogP contribution is -2.48. The van der Waals surface area contributed by atoms with Crippen LogP contribution in [-0.4, -0.2) is 40.7 Å². The van der Waals surface area contributed by atoms with Crippen LogP contribution in [0.25, 0.3) is 0 Å². The summed E-state index contributed by atoms with van der Waals surface area (Å²) in [5.74, 6) is 0.151. The maximum absolute atomic E-state index is 13.7. The first-order chi connectivity index (χ1) is 19.0. The SMILES string of the molecule is CCC(CC)C(=O)N(Cc1cccc(C(=O)NCc2ccccc2)c1)C1CCN(Cc2ccc(Cl)cc2)CC1. The van der Waals surface area contributed by atoms with Crippen molar-refractivity contribution < 1.29 is 9.59 Å². The highest BCUT2D eigenvalue weighted by molar-refractivity contribution is 6.30. The zero-order valence-electron chi connectivity index (χ0n) is 23.1. The molecular formula is C33H40ClN3O2. The summed E-state index contributed by atoms with van der Waals surface area (Å²) in [6, 6.07) is 25.9. The van der Waals surface area contributed by atoms with Gasteiger partial charge in [0.15, 0.2) is 0 Å². The zero-order valence-corrected chi connectivity index (χ0v) is 23.9. The van der Waals surface area contributed by atoms with E-state index in [9.17, 15) is 9.59 Å². The average Bonchev–Trinajstić information content (AvgIpc) is 2.97. The largest absolute Gasteiger partial charge is 0.348 e. The Morgan fingerprint density at radius 3 is 2.23 bits per heavy atom. The topological polar surface area (TPSA) is 52.7 Å². The number of hydrogen-bond acceptors (Lipinski definition) is 3. The van der Waals surface area contributed by atoms with Crippen LogP contribution in [0.4, 0.5) is 0 Å². The first-order valence-electron chi connectivity index (χ1n) is 14.1. The average molecular weight is 546 g/mol. The van der Waals surface area contributed by atoms with Crippen LogP contribution in [-0.2, 0) is 24.4 Å². The van der Waals surface area contributed by atoms with Crippen molar-refractivity contribution in [3.05, 3.63) is 106 Å². The molecule has 0 saturated carbocycles. The molecule has 0 spiro atoms. The molecule has 39 heavy (non-hydrogen) atoms. The molecule has 1 heterocycles. The van der Waals surface area contributed by atoms with E-state index in [4.69, 9.17) is 11.6 Å². The van der Waals surface area contributed by atoms with Gasteiger partial charge in [0.2, 0.25) is 5.91 Å². The van der Waals surface area contributed by atoms with Gasteiger partial charge in [-0.25, -0.2) is 0 Å². The summed E-state index contributed by atoms with van der Waals surface area (Å²) >= 11 is 6.05. The van der Waals surface area contributed by atoms with Gasteiger partial charge in [0, 0.05) is 55.3 Å². The second-order valence-corrected chi connectivity index (χ2v) is 10.9. The van der Waals surface area contributed by atoms with Crippen molar-refractivity contribution in [1.82, 2.24) is 15.1 Å². The van der Waals surface area contributed by atoms with Crippen molar-refractivity contribution in [3.63, 3.8) is 0 Å². The second kappa shape index (κ2) is 14.3. The van der Waals surface area contributed by atoms with Gasteiger partial charge in [-0.2, -0.15) is 0 Å². The monoisotopic (exact) mass is 545 g/mol. The molecule has 1 saturated heterocycles. The van der Waals surface area contributed by atoms with Crippen molar-refractivity contribution in [2.75, 3.05) is 13.1 Å². The molecule has 1 aliphatic rings. The maximum atomic E-state index is 13.7. The first kappa shape index (κ1) is 28.8. The summed E-state index contributed by atoms with van der Waals surface area (Å²) in [6.45, 7) is 7.98. The molecule has 1 N–H and O–H groups in total. The highest BCUT2D eigenvalue weighted by Crippen LogP contribution is 2.25. The number of carbonyl (C=O) groups is 2. The minimum Gasteiger partial charge on any atom is -0.348 e. The summed E-state index contributed by atoms with van der Waals surface area (Å²) in [5, 5.41) is 3.77. The van der Waals surface area contributed by atoms with Crippen LogP contribution in [0.1, 0.15) is 66.6 Å². The van der Waals surface area contributed by atoms with Gasteiger partial charge < -0.3 is 10.2 Å². The Balaban J connectivity index is 1.42. The predicted molar refractivity (Wildman–Crippen MR) is 158 cm³/mol. The van der Waals surface area contributed by atoms with Gasteiger partial charge in [0.1, 0.15) is 0 Å². The molecule has 5 nitrogen and oxygen atoms in total. The van der Waals surface area contributed by atoms with Gasteiger partial charge >= 0.3 is 0 Å². The number of carbonyl (C=O) groups excluding carboxylic acids is 2. The lowest BCUT2D eigenvalue weighted by atomic mass is 9.96. The highest BCUT2D eigenvalue weighted by atomic mass is 35.5. The van der Waals surface area contributed by atoms with E-state index in [1.807, 2.05) is 66.7 Å². The van der Waals surface area contributed by atoms with Gasteiger partial charge in [-0.15, -0.1) is 0 Å². The van der Waals surface area contributed by atoms with Crippen LogP contribution < -0.4 is 5.32 Å². The van der Waals surface area contributed by atoms with Crippen molar-refractivity contribution >= 4 is 23.4 Å². The van der Waals surface area contributed by atoms with E-state index in [0.29, 0.717) is 18.7 Å². The molecule has 3 aromatic rings. The summed E-state index contributed by atoms with van der Waals surface area (Å²) in [6.07, 6.45) is 3.56. The van der Waals surface area contributed by atoms with Gasteiger partial charge in [-0.3, -0.25) is 14.5 Å². The van der Waals surface area contributed by atoms with E-state index < -0.39 is 0 Å². The van der Waals surface area contributed by atoms with Crippen molar-refractivity contribution in [1.29, 1.82) is 0 Å². The molecule has 0 radical (unpaired) electrons. The lowest BCUT2D eigenvalue weighted by molar-refractivity contribution is -0.140. The third-order valence-electron chi connectivity index (χ3n) is 7.77. The Morgan fingerprint density at radius 2 is 1.56 bits per heavy atom. The molecule has 3 aromatic carbocycles. The lowest BCUT2D eigenvalue weighted by Gasteiger charge is -2.40. The minimum absolute atomic E-state index is 0.0226. The smallest absolute Gasteiger partial charge is 0.251 e. The number of piperidine rings is 1. The molecule has 4 rings (SSSR count). The minimum atomic E-state index is -0.103. The van der Waals surface area contributed by atoms with E-state index in [2.05, 4.69) is 41.1 Å². The quantitative estimate of drug-likeness (QED) is 0.292. The summed E-state index contributed by atoms with van der Waals surface area (Å²) in [5.41, 5.74) is 3.93. The van der Waals surface area contributed by atoms with Crippen LogP contribution in [0, 0.1) is 5.92 Å². The molecule has 0 unspecified atom stereocenters. The van der Waals surface area contributed by atoms with Gasteiger partial charge in [0.25, 0.3) is 5.91 Å². The molecule has 6 heteroatoms. The van der Waals surface area contributed by atoms with Gasteiger partial charge in [-0.1, -0.05) is 80.0 Å². The third-order valence-corrected chi connectivity index (χ3v) is 8.03. The zero-order chi connectivity index (χ0) is 27.6. The molecule has 0 aliphatic carbocycles. The van der Waals surface area contributed by atoms with Crippen molar-refractivity contribution in [2.24, 2.45) is 5.92 Å². The van der Waals surface area contributed by atoms with E-state index >= 15 is 0 Å². The molecule has 2 amide bonds. The molecule has 0 atom stereocenters. The number of benzene rings is 3. The Morgan fingerprint density at radius 1 is 0.897 bits per heavy atom. The number of amides is 2. The number of nitrogens with zero attached hydrogens (tertiary/aromatic N) is 2. The number of nitrogens with one attached hydrogen (secondary N) is 1. The van der Waals surface area contributed by atoms with Crippen LogP contribution in [0.2, 0.25) is 5.02 Å². The van der Waals surface area contributed by atoms with E-state index in [1.54, 1.807) is 0 Å². The second-order valence-electron chi connectivity index (χ2n) is 10.5. The summed E-state index contributed by atoms with van der Waals surface area (Å²) in [4.78, 5) is 31.2. The third kappa shape index (κ3) is 8.17. The van der Waals surface area contributed by atoms with Crippen LogP contribution in [0.3, 0.4) is 0 Å². The Hall–Kier alpha value is -3.15. The van der Waals surface area contributed by atoms with Crippen molar-refractivity contribution in [3.8, 4) is 0 Å². The molecular weight excluding hydrogens is 506 g/mol. The molecule has 0 aromatic heterocycles. The molecule has 1 aliphatic heterocycles. The fourth-order valence-electron chi connectivity index (χ4n) is 5.38. The maximum Gasteiger partial charge on any atom is 0.251 e. The Bertz CT molecular complexity index is 1200. The van der Waals surface area contributed by atoms with Crippen molar-refractivity contribution in [2.45, 2.75) is 65.2 Å². The number of rotatable bonds is 11. The number of likely N-dealkylation sites (tertiary alicyclic amines) is 1. The first-order valence-corrected chi connectivity index (χ1v) is 14.5. The van der Waals surface area contributed by atoms with Gasteiger partial charge in [0.05, 0.1) is 0 Å². The van der Waals surface area contributed by atoms with E-state index in [-0.39, 0.29) is 23.8 Å². The highest BCUT2D eigenvalue weighted by Gasteiger charge is 2.31. The Kier molecular flexibility index (Phi) is 10.6. The Labute approximate surface area is 238 Å². The van der Waals surface area contributed by atoms with E-state index in [1.165, 1.54) is 5.56 Å². The summed E-state index contributed by atoms with van der Waals surface area (Å²) in [7, 11) is 0. The fraction of sp³-hybridized carbons (Fsp3) is 0.394. The van der Waals surface area contributed by atoms with Crippen LogP contribution >= 0.6 is 11.6 Å². The van der Waals surface area contributed by atoms with Crippen LogP contribution in [0.5, 0.6) is 0 Å². The van der Waals surface area contributed by atoms with E-state index in [0.717, 1.165) is 61.5 Å². The number of halogens is 1. The number of hydrogen-bond donors (Lipinski definition) is 1. The van der Waals surface area contributed by atoms with Gasteiger partial charge in [-0.05, 0) is 66.6 Å². The fourth-order valence-corrected chi connectivity index (χ4v) is 5.51. The normalized spacial score (nSPS) is 14.4. The predicted octanol–water partition coefficient (Wildman–Crippen LogP) is 6.70. The summed E-state index contributed by atoms with van der Waals surface area (Å²) < 4.78 is 0. The molecule has 206 valence electrons. The van der Waals surface area contributed by atoms with Crippen LogP contribution in [0.15, 0.2) is 78.9 Å². The molecule has 0 bridgehead atoms. The standard InChI is InChI=1S/C33H40ClN3O2/c1-3-28(4-2)33(39)37(31-17-19-36(20-18-31)23-26-13-15-30(34)16-14-26)24-27-11-8-12-29(21-27)32(38)35-22-25-9-6-5-7-10-25/h5-16,21,28,31H,3-4,17-20,22-24H2,1-2H3,(H,35,38). The molecule has 1 fully saturated rings.